The zero-order valence-corrected chi connectivity index (χ0v) is 14.7. The van der Waals surface area contributed by atoms with Gasteiger partial charge in [-0.15, -0.1) is 0 Å². The van der Waals surface area contributed by atoms with Crippen LogP contribution in [0.2, 0.25) is 0 Å². The minimum Gasteiger partial charge on any atom is -0.497 e. The lowest BCUT2D eigenvalue weighted by atomic mass is 10.2. The molecule has 3 rings (SSSR count). The van der Waals surface area contributed by atoms with Gasteiger partial charge < -0.3 is 15.0 Å². The number of anilines is 3. The van der Waals surface area contributed by atoms with Crippen LogP contribution >= 0.6 is 0 Å². The lowest BCUT2D eigenvalue weighted by Gasteiger charge is -2.19. The molecule has 0 saturated heterocycles. The van der Waals surface area contributed by atoms with Crippen molar-refractivity contribution in [1.29, 1.82) is 0 Å². The van der Waals surface area contributed by atoms with Crippen molar-refractivity contribution in [3.8, 4) is 5.75 Å². The fourth-order valence-electron chi connectivity index (χ4n) is 2.57. The molecule has 0 aliphatic rings. The molecular weight excluding hydrogens is 312 g/mol. The van der Waals surface area contributed by atoms with Gasteiger partial charge in [-0.05, 0) is 24.6 Å². The van der Waals surface area contributed by atoms with E-state index in [0.717, 1.165) is 29.5 Å². The smallest absolute Gasteiger partial charge is 0.229 e. The first kappa shape index (κ1) is 16.8. The highest BCUT2D eigenvalue weighted by Crippen LogP contribution is 2.22. The third-order valence-electron chi connectivity index (χ3n) is 3.82. The van der Waals surface area contributed by atoms with Gasteiger partial charge in [0.25, 0.3) is 0 Å². The first-order valence-corrected chi connectivity index (χ1v) is 8.16. The van der Waals surface area contributed by atoms with E-state index in [-0.39, 0.29) is 0 Å². The van der Waals surface area contributed by atoms with Crippen molar-refractivity contribution in [3.63, 3.8) is 0 Å². The maximum atomic E-state index is 5.26. The lowest BCUT2D eigenvalue weighted by molar-refractivity contribution is 0.415. The van der Waals surface area contributed by atoms with E-state index in [1.54, 1.807) is 7.11 Å². The molecule has 1 aromatic heterocycles. The predicted molar refractivity (Wildman–Crippen MR) is 102 cm³/mol. The van der Waals surface area contributed by atoms with E-state index in [0.29, 0.717) is 5.95 Å². The Bertz CT molecular complexity index is 836. The number of aromatic nitrogens is 2. The Kier molecular flexibility index (Phi) is 5.14. The summed E-state index contributed by atoms with van der Waals surface area (Å²) in [7, 11) is 3.68. The number of aryl methyl sites for hydroxylation is 1. The monoisotopic (exact) mass is 334 g/mol. The molecule has 0 unspecified atom stereocenters. The SMILES string of the molecule is COc1cccc(Nc2nc(C)cc(N(C)Cc3ccccc3)n2)c1. The summed E-state index contributed by atoms with van der Waals surface area (Å²) < 4.78 is 5.26. The Morgan fingerprint density at radius 2 is 1.80 bits per heavy atom. The number of ether oxygens (including phenoxy) is 1. The summed E-state index contributed by atoms with van der Waals surface area (Å²) in [6, 6.07) is 20.0. The van der Waals surface area contributed by atoms with E-state index in [1.165, 1.54) is 5.56 Å². The highest BCUT2D eigenvalue weighted by Gasteiger charge is 2.08. The van der Waals surface area contributed by atoms with Gasteiger partial charge in [0.05, 0.1) is 7.11 Å². The number of hydrogen-bond acceptors (Lipinski definition) is 5. The highest BCUT2D eigenvalue weighted by molar-refractivity contribution is 5.57. The molecule has 0 saturated carbocycles. The van der Waals surface area contributed by atoms with Crippen LogP contribution in [0.25, 0.3) is 0 Å². The van der Waals surface area contributed by atoms with Gasteiger partial charge in [-0.2, -0.15) is 4.98 Å². The molecule has 2 aromatic carbocycles. The zero-order valence-electron chi connectivity index (χ0n) is 14.7. The second-order valence-corrected chi connectivity index (χ2v) is 5.89. The van der Waals surface area contributed by atoms with Gasteiger partial charge in [0.15, 0.2) is 0 Å². The molecular formula is C20H22N4O. The van der Waals surface area contributed by atoms with Gasteiger partial charge in [0, 0.05) is 37.1 Å². The average Bonchev–Trinajstić information content (AvgIpc) is 2.62. The summed E-state index contributed by atoms with van der Waals surface area (Å²) in [4.78, 5) is 11.2. The number of benzene rings is 2. The topological polar surface area (TPSA) is 50.3 Å². The molecule has 5 nitrogen and oxygen atoms in total. The van der Waals surface area contributed by atoms with E-state index in [4.69, 9.17) is 4.74 Å². The molecule has 0 atom stereocenters. The number of methoxy groups -OCH3 is 1. The fourth-order valence-corrected chi connectivity index (χ4v) is 2.57. The van der Waals surface area contributed by atoms with Gasteiger partial charge in [-0.1, -0.05) is 36.4 Å². The largest absolute Gasteiger partial charge is 0.497 e. The van der Waals surface area contributed by atoms with Crippen molar-refractivity contribution >= 4 is 17.5 Å². The van der Waals surface area contributed by atoms with Crippen LogP contribution in [-0.2, 0) is 6.54 Å². The van der Waals surface area contributed by atoms with Crippen molar-refractivity contribution < 1.29 is 4.74 Å². The highest BCUT2D eigenvalue weighted by atomic mass is 16.5. The molecule has 0 spiro atoms. The van der Waals surface area contributed by atoms with Crippen LogP contribution in [0.3, 0.4) is 0 Å². The van der Waals surface area contributed by atoms with E-state index >= 15 is 0 Å². The van der Waals surface area contributed by atoms with Crippen LogP contribution in [0.5, 0.6) is 5.75 Å². The van der Waals surface area contributed by atoms with E-state index in [1.807, 2.05) is 62.5 Å². The summed E-state index contributed by atoms with van der Waals surface area (Å²) in [5.74, 6) is 2.24. The molecule has 0 aliphatic heterocycles. The summed E-state index contributed by atoms with van der Waals surface area (Å²) in [6.07, 6.45) is 0. The molecule has 0 aliphatic carbocycles. The number of nitrogens with zero attached hydrogens (tertiary/aromatic N) is 3. The van der Waals surface area contributed by atoms with Crippen molar-refractivity contribution in [3.05, 3.63) is 71.9 Å². The van der Waals surface area contributed by atoms with E-state index in [2.05, 4.69) is 32.3 Å². The second kappa shape index (κ2) is 7.66. The van der Waals surface area contributed by atoms with Gasteiger partial charge in [-0.3, -0.25) is 0 Å². The van der Waals surface area contributed by atoms with Crippen molar-refractivity contribution in [2.24, 2.45) is 0 Å². The molecule has 1 heterocycles. The van der Waals surface area contributed by atoms with Crippen molar-refractivity contribution in [2.75, 3.05) is 24.4 Å². The fraction of sp³-hybridized carbons (Fsp3) is 0.200. The number of nitrogens with one attached hydrogen (secondary N) is 1. The summed E-state index contributed by atoms with van der Waals surface area (Å²) >= 11 is 0. The van der Waals surface area contributed by atoms with Crippen LogP contribution in [-0.4, -0.2) is 24.1 Å². The van der Waals surface area contributed by atoms with Gasteiger partial charge in [0.2, 0.25) is 5.95 Å². The number of hydrogen-bond donors (Lipinski definition) is 1. The molecule has 0 radical (unpaired) electrons. The van der Waals surface area contributed by atoms with Gasteiger partial charge in [0.1, 0.15) is 11.6 Å². The van der Waals surface area contributed by atoms with Crippen LogP contribution in [0.4, 0.5) is 17.5 Å². The maximum Gasteiger partial charge on any atom is 0.229 e. The maximum absolute atomic E-state index is 5.26. The van der Waals surface area contributed by atoms with Crippen LogP contribution < -0.4 is 15.0 Å². The average molecular weight is 334 g/mol. The van der Waals surface area contributed by atoms with Crippen LogP contribution in [0.15, 0.2) is 60.7 Å². The Balaban J connectivity index is 1.80. The quantitative estimate of drug-likeness (QED) is 0.733. The molecule has 25 heavy (non-hydrogen) atoms. The standard InChI is InChI=1S/C20H22N4O/c1-15-12-19(24(2)14-16-8-5-4-6-9-16)23-20(21-15)22-17-10-7-11-18(13-17)25-3/h4-13H,14H2,1-3H3,(H,21,22,23). The van der Waals surface area contributed by atoms with Gasteiger partial charge in [-0.25, -0.2) is 4.98 Å². The Morgan fingerprint density at radius 3 is 2.56 bits per heavy atom. The van der Waals surface area contributed by atoms with Crippen LogP contribution in [0.1, 0.15) is 11.3 Å². The second-order valence-electron chi connectivity index (χ2n) is 5.89. The molecule has 1 N–H and O–H groups in total. The first-order chi connectivity index (χ1) is 12.1. The molecule has 128 valence electrons. The molecule has 3 aromatic rings. The molecule has 5 heteroatoms. The minimum absolute atomic E-state index is 0.572. The summed E-state index contributed by atoms with van der Waals surface area (Å²) in [5.41, 5.74) is 3.04. The normalized spacial score (nSPS) is 10.4. The van der Waals surface area contributed by atoms with Crippen molar-refractivity contribution in [2.45, 2.75) is 13.5 Å². The Morgan fingerprint density at radius 1 is 1.00 bits per heavy atom. The third-order valence-corrected chi connectivity index (χ3v) is 3.82. The molecule has 0 fully saturated rings. The minimum atomic E-state index is 0.572. The molecule has 0 amide bonds. The lowest BCUT2D eigenvalue weighted by Crippen LogP contribution is -2.18. The predicted octanol–water partition coefficient (Wildman–Crippen LogP) is 4.17. The van der Waals surface area contributed by atoms with E-state index in [9.17, 15) is 0 Å². The van der Waals surface area contributed by atoms with Crippen LogP contribution in [0, 0.1) is 6.92 Å². The van der Waals surface area contributed by atoms with E-state index < -0.39 is 0 Å². The van der Waals surface area contributed by atoms with Gasteiger partial charge >= 0.3 is 0 Å². The number of rotatable bonds is 6. The first-order valence-electron chi connectivity index (χ1n) is 8.16. The Labute approximate surface area is 148 Å². The Hall–Kier alpha value is -3.08. The third kappa shape index (κ3) is 4.47. The van der Waals surface area contributed by atoms with Crippen molar-refractivity contribution in [1.82, 2.24) is 9.97 Å². The summed E-state index contributed by atoms with van der Waals surface area (Å²) in [5, 5.41) is 3.25. The molecule has 0 bridgehead atoms. The summed E-state index contributed by atoms with van der Waals surface area (Å²) in [6.45, 7) is 2.76. The zero-order chi connectivity index (χ0) is 17.6.